The molecular formula is C26H32ClN3O5S. The fourth-order valence-electron chi connectivity index (χ4n) is 4.18. The number of fused-ring (bicyclic) bond motifs is 1. The Morgan fingerprint density at radius 1 is 1.06 bits per heavy atom. The van der Waals surface area contributed by atoms with Gasteiger partial charge in [-0.2, -0.15) is 0 Å². The highest BCUT2D eigenvalue weighted by molar-refractivity contribution is 7.90. The Balaban J connectivity index is 1.72. The summed E-state index contributed by atoms with van der Waals surface area (Å²) in [4.78, 5) is 40.4. The minimum absolute atomic E-state index is 0.0119. The Morgan fingerprint density at radius 3 is 2.39 bits per heavy atom. The van der Waals surface area contributed by atoms with Crippen LogP contribution in [0.5, 0.6) is 0 Å². The van der Waals surface area contributed by atoms with Gasteiger partial charge in [0.1, 0.15) is 10.9 Å². The quantitative estimate of drug-likeness (QED) is 0.415. The highest BCUT2D eigenvalue weighted by Crippen LogP contribution is 2.30. The third-order valence-electron chi connectivity index (χ3n) is 6.15. The molecule has 3 rings (SSSR count). The summed E-state index contributed by atoms with van der Waals surface area (Å²) < 4.78 is 26.4. The van der Waals surface area contributed by atoms with Gasteiger partial charge in [-0.3, -0.25) is 14.4 Å². The van der Waals surface area contributed by atoms with E-state index in [0.29, 0.717) is 18.0 Å². The van der Waals surface area contributed by atoms with Gasteiger partial charge in [-0.15, -0.1) is 0 Å². The number of nitrogens with one attached hydrogen (secondary N) is 1. The Kier molecular flexibility index (Phi) is 9.50. The number of carbonyl (C=O) groups excluding carboxylic acids is 3. The van der Waals surface area contributed by atoms with Gasteiger partial charge in [-0.25, -0.2) is 12.7 Å². The zero-order chi connectivity index (χ0) is 26.3. The maximum Gasteiger partial charge on any atom is 0.269 e. The summed E-state index contributed by atoms with van der Waals surface area (Å²) in [6, 6.07) is 12.5. The van der Waals surface area contributed by atoms with Crippen LogP contribution in [0.2, 0.25) is 5.02 Å². The molecule has 0 fully saturated rings. The van der Waals surface area contributed by atoms with Gasteiger partial charge in [0, 0.05) is 31.1 Å². The molecule has 36 heavy (non-hydrogen) atoms. The van der Waals surface area contributed by atoms with Crippen LogP contribution in [-0.2, 0) is 26.2 Å². The molecule has 10 heteroatoms. The number of sulfonamides is 1. The van der Waals surface area contributed by atoms with Crippen LogP contribution in [0.3, 0.4) is 0 Å². The summed E-state index contributed by atoms with van der Waals surface area (Å²) in [6.45, 7) is 4.50. The maximum atomic E-state index is 13.4. The summed E-state index contributed by atoms with van der Waals surface area (Å²) in [6.07, 6.45) is 2.33. The number of nitrogens with zero attached hydrogens (tertiary/aromatic N) is 2. The zero-order valence-corrected chi connectivity index (χ0v) is 22.1. The highest BCUT2D eigenvalue weighted by atomic mass is 35.5. The fraction of sp³-hybridized carbons (Fsp3) is 0.423. The minimum Gasteiger partial charge on any atom is -0.354 e. The van der Waals surface area contributed by atoms with Crippen LogP contribution in [0.1, 0.15) is 61.9 Å². The topological polar surface area (TPSA) is 104 Å². The van der Waals surface area contributed by atoms with Crippen molar-refractivity contribution in [3.8, 4) is 0 Å². The van der Waals surface area contributed by atoms with Crippen molar-refractivity contribution < 1.29 is 22.8 Å². The van der Waals surface area contributed by atoms with Crippen LogP contribution in [0.15, 0.2) is 53.4 Å². The summed E-state index contributed by atoms with van der Waals surface area (Å²) in [5.74, 6) is -1.09. The van der Waals surface area contributed by atoms with Crippen molar-refractivity contribution in [3.05, 3.63) is 64.7 Å². The largest absolute Gasteiger partial charge is 0.354 e. The molecule has 0 spiro atoms. The summed E-state index contributed by atoms with van der Waals surface area (Å²) in [7, 11) is -3.93. The third kappa shape index (κ3) is 6.25. The number of halogens is 1. The van der Waals surface area contributed by atoms with Gasteiger partial charge in [0.05, 0.1) is 5.56 Å². The van der Waals surface area contributed by atoms with E-state index in [4.69, 9.17) is 11.6 Å². The first kappa shape index (κ1) is 27.7. The van der Waals surface area contributed by atoms with Crippen LogP contribution in [0.25, 0.3) is 0 Å². The molecule has 1 heterocycles. The number of carbonyl (C=O) groups is 3. The molecule has 1 aliphatic rings. The van der Waals surface area contributed by atoms with Crippen molar-refractivity contribution in [3.63, 3.8) is 0 Å². The molecule has 2 aromatic carbocycles. The smallest absolute Gasteiger partial charge is 0.269 e. The molecule has 1 N–H and O–H groups in total. The van der Waals surface area contributed by atoms with Crippen molar-refractivity contribution in [2.75, 3.05) is 13.1 Å². The molecule has 1 atom stereocenters. The van der Waals surface area contributed by atoms with Gasteiger partial charge in [0.25, 0.3) is 15.9 Å². The standard InChI is InChI=1S/C26H32ClN3O5S/c1-3-5-16-28-25(32)22(4-2)29(18-19-12-14-20(27)15-13-19)24(31)11-8-17-30-26(33)21-9-6-7-10-23(21)36(30,34)35/h6-7,9-10,12-15,22H,3-5,8,11,16-18H2,1-2H3,(H,28,32)/t22-/m0/s1. The molecule has 0 saturated heterocycles. The van der Waals surface area contributed by atoms with E-state index < -0.39 is 22.0 Å². The molecule has 0 saturated carbocycles. The van der Waals surface area contributed by atoms with Gasteiger partial charge in [-0.05, 0) is 49.1 Å². The number of hydrogen-bond donors (Lipinski definition) is 1. The lowest BCUT2D eigenvalue weighted by Gasteiger charge is -2.31. The number of benzene rings is 2. The van der Waals surface area contributed by atoms with Crippen LogP contribution >= 0.6 is 11.6 Å². The predicted molar refractivity (Wildman–Crippen MR) is 138 cm³/mol. The Morgan fingerprint density at radius 2 is 1.75 bits per heavy atom. The van der Waals surface area contributed by atoms with Crippen LogP contribution in [0, 0.1) is 0 Å². The van der Waals surface area contributed by atoms with Gasteiger partial charge < -0.3 is 10.2 Å². The molecule has 0 radical (unpaired) electrons. The van der Waals surface area contributed by atoms with E-state index in [1.54, 1.807) is 36.4 Å². The number of amides is 3. The number of rotatable bonds is 12. The van der Waals surface area contributed by atoms with E-state index >= 15 is 0 Å². The fourth-order valence-corrected chi connectivity index (χ4v) is 5.92. The van der Waals surface area contributed by atoms with Gasteiger partial charge in [0.2, 0.25) is 11.8 Å². The van der Waals surface area contributed by atoms with Gasteiger partial charge in [0.15, 0.2) is 0 Å². The van der Waals surface area contributed by atoms with Crippen molar-refractivity contribution in [1.82, 2.24) is 14.5 Å². The predicted octanol–water partition coefficient (Wildman–Crippen LogP) is 3.99. The van der Waals surface area contributed by atoms with Crippen molar-refractivity contribution in [2.24, 2.45) is 0 Å². The molecule has 0 aliphatic carbocycles. The molecule has 0 bridgehead atoms. The molecule has 0 unspecified atom stereocenters. The molecule has 0 aromatic heterocycles. The first-order valence-corrected chi connectivity index (χ1v) is 14.0. The first-order valence-electron chi connectivity index (χ1n) is 12.2. The average molecular weight is 534 g/mol. The maximum absolute atomic E-state index is 13.4. The Bertz CT molecular complexity index is 1200. The van der Waals surface area contributed by atoms with Crippen LogP contribution in [-0.4, -0.2) is 54.5 Å². The lowest BCUT2D eigenvalue weighted by molar-refractivity contribution is -0.141. The van der Waals surface area contributed by atoms with Gasteiger partial charge in [-0.1, -0.05) is 56.1 Å². The van der Waals surface area contributed by atoms with Crippen LogP contribution < -0.4 is 5.32 Å². The second kappa shape index (κ2) is 12.4. The van der Waals surface area contributed by atoms with Crippen LogP contribution in [0.4, 0.5) is 0 Å². The second-order valence-electron chi connectivity index (χ2n) is 8.70. The second-order valence-corrected chi connectivity index (χ2v) is 11.0. The van der Waals surface area contributed by atoms with E-state index in [1.165, 1.54) is 17.0 Å². The van der Waals surface area contributed by atoms with E-state index in [2.05, 4.69) is 5.32 Å². The minimum atomic E-state index is -3.93. The molecule has 8 nitrogen and oxygen atoms in total. The van der Waals surface area contributed by atoms with E-state index in [-0.39, 0.29) is 48.2 Å². The SMILES string of the molecule is CCCCNC(=O)[C@H](CC)N(Cc1ccc(Cl)cc1)C(=O)CCCN1C(=O)c2ccccc2S1(=O)=O. The molecular weight excluding hydrogens is 502 g/mol. The van der Waals surface area contributed by atoms with Crippen molar-refractivity contribution >= 4 is 39.3 Å². The lowest BCUT2D eigenvalue weighted by Crippen LogP contribution is -2.49. The molecule has 1 aliphatic heterocycles. The number of hydrogen-bond acceptors (Lipinski definition) is 5. The summed E-state index contributed by atoms with van der Waals surface area (Å²) >= 11 is 6.00. The summed E-state index contributed by atoms with van der Waals surface area (Å²) in [5.41, 5.74) is 0.961. The highest BCUT2D eigenvalue weighted by Gasteiger charge is 2.40. The Hall–Kier alpha value is -2.91. The average Bonchev–Trinajstić information content (AvgIpc) is 3.05. The Labute approximate surface area is 217 Å². The summed E-state index contributed by atoms with van der Waals surface area (Å²) in [5, 5.41) is 3.47. The lowest BCUT2D eigenvalue weighted by atomic mass is 10.1. The van der Waals surface area contributed by atoms with E-state index in [0.717, 1.165) is 22.7 Å². The first-order chi connectivity index (χ1) is 17.2. The van der Waals surface area contributed by atoms with E-state index in [1.807, 2.05) is 13.8 Å². The third-order valence-corrected chi connectivity index (χ3v) is 8.24. The van der Waals surface area contributed by atoms with E-state index in [9.17, 15) is 22.8 Å². The monoisotopic (exact) mass is 533 g/mol. The van der Waals surface area contributed by atoms with Gasteiger partial charge >= 0.3 is 0 Å². The zero-order valence-electron chi connectivity index (χ0n) is 20.6. The molecule has 3 amide bonds. The number of unbranched alkanes of at least 4 members (excludes halogenated alkanes) is 1. The van der Waals surface area contributed by atoms with Crippen molar-refractivity contribution in [1.29, 1.82) is 0 Å². The molecule has 2 aromatic rings. The molecule has 194 valence electrons. The normalized spacial score (nSPS) is 14.9. The van der Waals surface area contributed by atoms with Crippen molar-refractivity contribution in [2.45, 2.75) is 63.4 Å².